The van der Waals surface area contributed by atoms with E-state index in [2.05, 4.69) is 9.97 Å². The zero-order valence-corrected chi connectivity index (χ0v) is 10.9. The molecular formula is C13H12N2O2S. The lowest BCUT2D eigenvalue weighted by Crippen LogP contribution is -2.03. The maximum absolute atomic E-state index is 11.0. The highest BCUT2D eigenvalue weighted by Crippen LogP contribution is 2.30. The van der Waals surface area contributed by atoms with Crippen LogP contribution >= 0.6 is 11.8 Å². The standard InChI is InChI=1S/C13H12N2O2S/c1-8-3-4-9(2)10(7-8)18-12-11(13(16)17)14-5-6-15-12/h3-7H,1-2H3,(H,16,17). The molecule has 0 spiro atoms. The summed E-state index contributed by atoms with van der Waals surface area (Å²) in [4.78, 5) is 20.0. The number of benzene rings is 1. The first kappa shape index (κ1) is 12.6. The van der Waals surface area contributed by atoms with E-state index < -0.39 is 5.97 Å². The summed E-state index contributed by atoms with van der Waals surface area (Å²) >= 11 is 1.33. The number of aryl methyl sites for hydroxylation is 2. The molecule has 0 atom stereocenters. The Balaban J connectivity index is 2.40. The van der Waals surface area contributed by atoms with Crippen LogP contribution in [-0.4, -0.2) is 21.0 Å². The lowest BCUT2D eigenvalue weighted by molar-refractivity contribution is 0.0685. The number of aromatic carboxylic acids is 1. The highest BCUT2D eigenvalue weighted by Gasteiger charge is 2.14. The number of nitrogens with zero attached hydrogens (tertiary/aromatic N) is 2. The number of rotatable bonds is 3. The van der Waals surface area contributed by atoms with Gasteiger partial charge in [0.05, 0.1) is 0 Å². The summed E-state index contributed by atoms with van der Waals surface area (Å²) < 4.78 is 0. The van der Waals surface area contributed by atoms with E-state index in [0.717, 1.165) is 16.0 Å². The maximum Gasteiger partial charge on any atom is 0.357 e. The molecule has 0 saturated heterocycles. The summed E-state index contributed by atoms with van der Waals surface area (Å²) in [7, 11) is 0. The monoisotopic (exact) mass is 260 g/mol. The van der Waals surface area contributed by atoms with Crippen molar-refractivity contribution in [3.8, 4) is 0 Å². The molecule has 1 N–H and O–H groups in total. The number of hydrogen-bond donors (Lipinski definition) is 1. The van der Waals surface area contributed by atoms with Gasteiger partial charge in [-0.3, -0.25) is 0 Å². The summed E-state index contributed by atoms with van der Waals surface area (Å²) in [6.45, 7) is 3.98. The molecule has 0 saturated carbocycles. The molecule has 0 aliphatic heterocycles. The number of aromatic nitrogens is 2. The van der Waals surface area contributed by atoms with Gasteiger partial charge in [-0.25, -0.2) is 14.8 Å². The Morgan fingerprint density at radius 1 is 1.22 bits per heavy atom. The van der Waals surface area contributed by atoms with E-state index in [-0.39, 0.29) is 5.69 Å². The van der Waals surface area contributed by atoms with Crippen LogP contribution in [0.2, 0.25) is 0 Å². The molecule has 1 aromatic heterocycles. The van der Waals surface area contributed by atoms with Gasteiger partial charge in [0.2, 0.25) is 0 Å². The van der Waals surface area contributed by atoms with E-state index in [1.165, 1.54) is 24.2 Å². The lowest BCUT2D eigenvalue weighted by atomic mass is 10.2. The van der Waals surface area contributed by atoms with E-state index in [1.54, 1.807) is 0 Å². The van der Waals surface area contributed by atoms with Gasteiger partial charge in [0.25, 0.3) is 0 Å². The molecule has 1 aromatic carbocycles. The van der Waals surface area contributed by atoms with Gasteiger partial charge < -0.3 is 5.11 Å². The van der Waals surface area contributed by atoms with Crippen LogP contribution < -0.4 is 0 Å². The number of carboxylic acids is 1. The Hall–Kier alpha value is -1.88. The molecule has 0 amide bonds. The molecular weight excluding hydrogens is 248 g/mol. The number of hydrogen-bond acceptors (Lipinski definition) is 4. The van der Waals surface area contributed by atoms with Crippen molar-refractivity contribution < 1.29 is 9.90 Å². The lowest BCUT2D eigenvalue weighted by Gasteiger charge is -2.07. The van der Waals surface area contributed by atoms with Gasteiger partial charge in [0, 0.05) is 17.3 Å². The van der Waals surface area contributed by atoms with Crippen LogP contribution in [0.15, 0.2) is 40.5 Å². The minimum Gasteiger partial charge on any atom is -0.476 e. The highest BCUT2D eigenvalue weighted by molar-refractivity contribution is 7.99. The molecule has 5 heteroatoms. The fourth-order valence-electron chi connectivity index (χ4n) is 1.47. The minimum atomic E-state index is -1.06. The zero-order chi connectivity index (χ0) is 13.1. The highest BCUT2D eigenvalue weighted by atomic mass is 32.2. The Labute approximate surface area is 109 Å². The number of carboxylic acid groups (broad SMARTS) is 1. The molecule has 4 nitrogen and oxygen atoms in total. The minimum absolute atomic E-state index is 0.0107. The molecule has 0 fully saturated rings. The van der Waals surface area contributed by atoms with Crippen LogP contribution in [0.25, 0.3) is 0 Å². The van der Waals surface area contributed by atoms with E-state index in [0.29, 0.717) is 5.03 Å². The SMILES string of the molecule is Cc1ccc(C)c(Sc2nccnc2C(=O)O)c1. The van der Waals surface area contributed by atoms with Gasteiger partial charge in [-0.2, -0.15) is 0 Å². The second-order valence-corrected chi connectivity index (χ2v) is 4.92. The second kappa shape index (κ2) is 5.18. The molecule has 0 unspecified atom stereocenters. The van der Waals surface area contributed by atoms with Gasteiger partial charge in [-0.1, -0.05) is 23.9 Å². The molecule has 2 rings (SSSR count). The molecule has 18 heavy (non-hydrogen) atoms. The molecule has 1 heterocycles. The van der Waals surface area contributed by atoms with E-state index >= 15 is 0 Å². The molecule has 0 aliphatic carbocycles. The largest absolute Gasteiger partial charge is 0.476 e. The van der Waals surface area contributed by atoms with Gasteiger partial charge in [-0.15, -0.1) is 0 Å². The van der Waals surface area contributed by atoms with Crippen LogP contribution in [0.3, 0.4) is 0 Å². The van der Waals surface area contributed by atoms with Crippen molar-refractivity contribution in [1.29, 1.82) is 0 Å². The zero-order valence-electron chi connectivity index (χ0n) is 10.0. The summed E-state index contributed by atoms with van der Waals surface area (Å²) in [5.74, 6) is -1.06. The van der Waals surface area contributed by atoms with Crippen molar-refractivity contribution in [2.45, 2.75) is 23.8 Å². The summed E-state index contributed by atoms with van der Waals surface area (Å²) in [5, 5.41) is 9.47. The quantitative estimate of drug-likeness (QED) is 0.919. The van der Waals surface area contributed by atoms with E-state index in [4.69, 9.17) is 5.11 Å². The third-order valence-electron chi connectivity index (χ3n) is 2.42. The average Bonchev–Trinajstić information content (AvgIpc) is 2.34. The van der Waals surface area contributed by atoms with Crippen molar-refractivity contribution in [3.05, 3.63) is 47.4 Å². The second-order valence-electron chi connectivity index (χ2n) is 3.89. The summed E-state index contributed by atoms with van der Waals surface area (Å²) in [6.07, 6.45) is 2.89. The van der Waals surface area contributed by atoms with Crippen LogP contribution in [0.1, 0.15) is 21.6 Å². The summed E-state index contributed by atoms with van der Waals surface area (Å²) in [6, 6.07) is 6.04. The summed E-state index contributed by atoms with van der Waals surface area (Å²) in [5.41, 5.74) is 2.21. The predicted molar refractivity (Wildman–Crippen MR) is 69.0 cm³/mol. The van der Waals surface area contributed by atoms with Crippen LogP contribution in [-0.2, 0) is 0 Å². The molecule has 92 valence electrons. The van der Waals surface area contributed by atoms with Crippen LogP contribution in [0.4, 0.5) is 0 Å². The average molecular weight is 260 g/mol. The third kappa shape index (κ3) is 2.68. The predicted octanol–water partition coefficient (Wildman–Crippen LogP) is 2.94. The fourth-order valence-corrected chi connectivity index (χ4v) is 2.50. The molecule has 0 radical (unpaired) electrons. The van der Waals surface area contributed by atoms with Crippen LogP contribution in [0, 0.1) is 13.8 Å². The van der Waals surface area contributed by atoms with Gasteiger partial charge >= 0.3 is 5.97 Å². The van der Waals surface area contributed by atoms with Crippen molar-refractivity contribution in [1.82, 2.24) is 9.97 Å². The molecule has 2 aromatic rings. The first-order chi connectivity index (χ1) is 8.58. The van der Waals surface area contributed by atoms with E-state index in [1.807, 2.05) is 32.0 Å². The Morgan fingerprint density at radius 2 is 1.94 bits per heavy atom. The van der Waals surface area contributed by atoms with Crippen molar-refractivity contribution in [3.63, 3.8) is 0 Å². The first-order valence-corrected chi connectivity index (χ1v) is 6.19. The smallest absolute Gasteiger partial charge is 0.357 e. The maximum atomic E-state index is 11.0. The van der Waals surface area contributed by atoms with Crippen molar-refractivity contribution in [2.75, 3.05) is 0 Å². The Kier molecular flexibility index (Phi) is 3.62. The topological polar surface area (TPSA) is 63.1 Å². The van der Waals surface area contributed by atoms with Crippen LogP contribution in [0.5, 0.6) is 0 Å². The van der Waals surface area contributed by atoms with Gasteiger partial charge in [0.1, 0.15) is 5.03 Å². The van der Waals surface area contributed by atoms with Gasteiger partial charge in [0.15, 0.2) is 5.69 Å². The number of carbonyl (C=O) groups is 1. The Bertz CT molecular complexity index is 599. The first-order valence-electron chi connectivity index (χ1n) is 5.37. The van der Waals surface area contributed by atoms with Crippen molar-refractivity contribution >= 4 is 17.7 Å². The fraction of sp³-hybridized carbons (Fsp3) is 0.154. The van der Waals surface area contributed by atoms with E-state index in [9.17, 15) is 4.79 Å². The van der Waals surface area contributed by atoms with Crippen molar-refractivity contribution in [2.24, 2.45) is 0 Å². The third-order valence-corrected chi connectivity index (χ3v) is 3.57. The molecule has 0 bridgehead atoms. The molecule has 0 aliphatic rings. The van der Waals surface area contributed by atoms with Gasteiger partial charge in [-0.05, 0) is 31.0 Å². The normalized spacial score (nSPS) is 10.3. The Morgan fingerprint density at radius 3 is 2.67 bits per heavy atom.